The van der Waals surface area contributed by atoms with E-state index < -0.39 is 0 Å². The van der Waals surface area contributed by atoms with Gasteiger partial charge in [-0.05, 0) is 44.4 Å². The largest absolute Gasteiger partial charge is 0.462 e. The molecule has 2 heterocycles. The Morgan fingerprint density at radius 1 is 1.48 bits per heavy atom. The van der Waals surface area contributed by atoms with E-state index in [-0.39, 0.29) is 36.8 Å². The molecular formula is C15H21Cl2N3O2S. The lowest BCUT2D eigenvalue weighted by Gasteiger charge is -2.18. The summed E-state index contributed by atoms with van der Waals surface area (Å²) in [6, 6.07) is 3.84. The molecule has 5 nitrogen and oxygen atoms in total. The Balaban J connectivity index is 0.00000132. The summed E-state index contributed by atoms with van der Waals surface area (Å²) in [4.78, 5) is 17.8. The summed E-state index contributed by atoms with van der Waals surface area (Å²) in [5.41, 5.74) is 6.25. The summed E-state index contributed by atoms with van der Waals surface area (Å²) in [6.07, 6.45) is 4.83. The number of aromatic nitrogens is 1. The van der Waals surface area contributed by atoms with Crippen LogP contribution in [0, 0.1) is 12.8 Å². The van der Waals surface area contributed by atoms with E-state index in [1.54, 1.807) is 6.26 Å². The second kappa shape index (κ2) is 8.68. The van der Waals surface area contributed by atoms with E-state index in [2.05, 4.69) is 10.3 Å². The van der Waals surface area contributed by atoms with Crippen LogP contribution in [0.5, 0.6) is 0 Å². The van der Waals surface area contributed by atoms with Gasteiger partial charge in [-0.25, -0.2) is 4.98 Å². The molecule has 2 aromatic rings. The third kappa shape index (κ3) is 4.26. The van der Waals surface area contributed by atoms with Gasteiger partial charge in [-0.2, -0.15) is 0 Å². The minimum Gasteiger partial charge on any atom is -0.462 e. The number of amides is 1. The lowest BCUT2D eigenvalue weighted by molar-refractivity contribution is 0.0924. The quantitative estimate of drug-likeness (QED) is 0.854. The highest BCUT2D eigenvalue weighted by molar-refractivity contribution is 7.15. The highest BCUT2D eigenvalue weighted by atomic mass is 35.5. The SMILES string of the molecule is Cc1sc(-c2ccco2)nc1C(=O)NC1CCCC1CN.Cl.Cl. The Morgan fingerprint density at radius 3 is 2.91 bits per heavy atom. The zero-order valence-electron chi connectivity index (χ0n) is 12.8. The standard InChI is InChI=1S/C15H19N3O2S.2ClH/c1-9-13(18-15(21-9)12-6-3-7-20-12)14(19)17-11-5-2-4-10(11)8-16;;/h3,6-7,10-11H,2,4-5,8,16H2,1H3,(H,17,19);2*1H. The normalized spacial score (nSPS) is 19.7. The number of hydrogen-bond donors (Lipinski definition) is 2. The van der Waals surface area contributed by atoms with Gasteiger partial charge in [0.05, 0.1) is 6.26 Å². The zero-order valence-corrected chi connectivity index (χ0v) is 15.2. The van der Waals surface area contributed by atoms with E-state index in [9.17, 15) is 4.79 Å². The average Bonchev–Trinajstić information content (AvgIpc) is 3.17. The van der Waals surface area contributed by atoms with Crippen molar-refractivity contribution in [3.63, 3.8) is 0 Å². The molecule has 0 spiro atoms. The van der Waals surface area contributed by atoms with Gasteiger partial charge in [0, 0.05) is 10.9 Å². The van der Waals surface area contributed by atoms with E-state index in [1.165, 1.54) is 11.3 Å². The number of nitrogens with zero attached hydrogens (tertiary/aromatic N) is 1. The summed E-state index contributed by atoms with van der Waals surface area (Å²) in [7, 11) is 0. The number of carbonyl (C=O) groups excluding carboxylic acids is 1. The van der Waals surface area contributed by atoms with Crippen molar-refractivity contribution in [3.05, 3.63) is 29.0 Å². The van der Waals surface area contributed by atoms with E-state index in [0.29, 0.717) is 23.9 Å². The van der Waals surface area contributed by atoms with Crippen molar-refractivity contribution in [2.24, 2.45) is 11.7 Å². The van der Waals surface area contributed by atoms with Gasteiger partial charge in [-0.15, -0.1) is 36.2 Å². The molecule has 0 bridgehead atoms. The third-order valence-electron chi connectivity index (χ3n) is 4.02. The number of carbonyl (C=O) groups is 1. The Morgan fingerprint density at radius 2 is 2.26 bits per heavy atom. The fraction of sp³-hybridized carbons (Fsp3) is 0.467. The van der Waals surface area contributed by atoms with Crippen LogP contribution in [-0.4, -0.2) is 23.5 Å². The number of halogens is 2. The molecule has 3 rings (SSSR count). The van der Waals surface area contributed by atoms with Crippen LogP contribution in [0.2, 0.25) is 0 Å². The molecule has 2 aromatic heterocycles. The molecule has 2 unspecified atom stereocenters. The number of nitrogens with two attached hydrogens (primary N) is 1. The van der Waals surface area contributed by atoms with Gasteiger partial charge in [0.1, 0.15) is 5.69 Å². The van der Waals surface area contributed by atoms with Gasteiger partial charge >= 0.3 is 0 Å². The topological polar surface area (TPSA) is 81.2 Å². The minimum atomic E-state index is -0.105. The number of furan rings is 1. The molecular weight excluding hydrogens is 357 g/mol. The van der Waals surface area contributed by atoms with Crippen LogP contribution in [0.25, 0.3) is 10.8 Å². The van der Waals surface area contributed by atoms with Crippen molar-refractivity contribution in [2.75, 3.05) is 6.54 Å². The lowest BCUT2D eigenvalue weighted by atomic mass is 10.0. The van der Waals surface area contributed by atoms with Crippen LogP contribution in [0.1, 0.15) is 34.6 Å². The fourth-order valence-electron chi connectivity index (χ4n) is 2.86. The lowest BCUT2D eigenvalue weighted by Crippen LogP contribution is -2.40. The molecule has 0 saturated heterocycles. The van der Waals surface area contributed by atoms with Gasteiger partial charge < -0.3 is 15.5 Å². The van der Waals surface area contributed by atoms with Crippen molar-refractivity contribution in [1.29, 1.82) is 0 Å². The maximum atomic E-state index is 12.4. The summed E-state index contributed by atoms with van der Waals surface area (Å²) >= 11 is 1.47. The Labute approximate surface area is 151 Å². The Hall–Kier alpha value is -1.08. The molecule has 3 N–H and O–H groups in total. The van der Waals surface area contributed by atoms with Gasteiger partial charge in [0.25, 0.3) is 5.91 Å². The first kappa shape index (κ1) is 20.0. The van der Waals surface area contributed by atoms with Crippen molar-refractivity contribution < 1.29 is 9.21 Å². The first-order valence-electron chi connectivity index (χ1n) is 7.21. The van der Waals surface area contributed by atoms with Gasteiger partial charge in [-0.3, -0.25) is 4.79 Å². The highest BCUT2D eigenvalue weighted by Crippen LogP contribution is 2.29. The number of nitrogens with one attached hydrogen (secondary N) is 1. The monoisotopic (exact) mass is 377 g/mol. The van der Waals surface area contributed by atoms with E-state index in [0.717, 1.165) is 29.1 Å². The van der Waals surface area contributed by atoms with Crippen LogP contribution in [0.15, 0.2) is 22.8 Å². The summed E-state index contributed by atoms with van der Waals surface area (Å²) < 4.78 is 5.34. The predicted molar refractivity (Wildman–Crippen MR) is 96.7 cm³/mol. The molecule has 128 valence electrons. The van der Waals surface area contributed by atoms with Crippen LogP contribution in [-0.2, 0) is 0 Å². The summed E-state index contributed by atoms with van der Waals surface area (Å²) in [5.74, 6) is 0.979. The summed E-state index contributed by atoms with van der Waals surface area (Å²) in [5, 5.41) is 3.83. The number of thiazole rings is 1. The molecule has 1 aliphatic rings. The van der Waals surface area contributed by atoms with Gasteiger partial charge in [0.2, 0.25) is 0 Å². The smallest absolute Gasteiger partial charge is 0.271 e. The Kier molecular flexibility index (Phi) is 7.54. The molecule has 2 atom stereocenters. The van der Waals surface area contributed by atoms with Gasteiger partial charge in [-0.1, -0.05) is 6.42 Å². The molecule has 23 heavy (non-hydrogen) atoms. The number of hydrogen-bond acceptors (Lipinski definition) is 5. The van der Waals surface area contributed by atoms with Gasteiger partial charge in [0.15, 0.2) is 10.8 Å². The van der Waals surface area contributed by atoms with Crippen molar-refractivity contribution in [2.45, 2.75) is 32.2 Å². The van der Waals surface area contributed by atoms with E-state index in [4.69, 9.17) is 10.2 Å². The maximum Gasteiger partial charge on any atom is 0.271 e. The average molecular weight is 378 g/mol. The predicted octanol–water partition coefficient (Wildman–Crippen LogP) is 3.41. The van der Waals surface area contributed by atoms with Crippen molar-refractivity contribution in [3.8, 4) is 10.8 Å². The fourth-order valence-corrected chi connectivity index (χ4v) is 3.74. The molecule has 0 aliphatic heterocycles. The molecule has 0 aromatic carbocycles. The van der Waals surface area contributed by atoms with E-state index in [1.807, 2.05) is 19.1 Å². The molecule has 1 fully saturated rings. The number of rotatable bonds is 4. The van der Waals surface area contributed by atoms with Crippen molar-refractivity contribution in [1.82, 2.24) is 10.3 Å². The molecule has 8 heteroatoms. The second-order valence-electron chi connectivity index (χ2n) is 5.41. The summed E-state index contributed by atoms with van der Waals surface area (Å²) in [6.45, 7) is 2.53. The minimum absolute atomic E-state index is 0. The third-order valence-corrected chi connectivity index (χ3v) is 5.01. The second-order valence-corrected chi connectivity index (χ2v) is 6.61. The van der Waals surface area contributed by atoms with Crippen LogP contribution < -0.4 is 11.1 Å². The zero-order chi connectivity index (χ0) is 14.8. The first-order valence-corrected chi connectivity index (χ1v) is 8.03. The van der Waals surface area contributed by atoms with Crippen LogP contribution in [0.4, 0.5) is 0 Å². The molecule has 1 saturated carbocycles. The van der Waals surface area contributed by atoms with Crippen molar-refractivity contribution >= 4 is 42.1 Å². The highest BCUT2D eigenvalue weighted by Gasteiger charge is 2.29. The van der Waals surface area contributed by atoms with Crippen LogP contribution in [0.3, 0.4) is 0 Å². The molecule has 0 radical (unpaired) electrons. The Bertz CT molecular complexity index is 631. The van der Waals surface area contributed by atoms with E-state index >= 15 is 0 Å². The maximum absolute atomic E-state index is 12.4. The molecule has 1 amide bonds. The first-order chi connectivity index (χ1) is 10.2. The number of aryl methyl sites for hydroxylation is 1. The van der Waals surface area contributed by atoms with Crippen LogP contribution >= 0.6 is 36.2 Å². The molecule has 1 aliphatic carbocycles.